The molecule has 2 heteroatoms. The number of rotatable bonds is 3. The molecule has 0 aliphatic rings. The quantitative estimate of drug-likeness (QED) is 0.603. The maximum atomic E-state index is 6.33. The van der Waals surface area contributed by atoms with Gasteiger partial charge >= 0.3 is 0 Å². The standard InChI is InChI=1S/C19H15ClO/c1-21-19-15(14-8-3-2-4-9-14)11-7-12-17(19)16-10-5-6-13-18(16)20/h2-13H,1H3. The van der Waals surface area contributed by atoms with E-state index in [4.69, 9.17) is 16.3 Å². The Morgan fingerprint density at radius 1 is 0.667 bits per heavy atom. The van der Waals surface area contributed by atoms with Gasteiger partial charge in [-0.3, -0.25) is 0 Å². The average molecular weight is 295 g/mol. The minimum atomic E-state index is 0.723. The van der Waals surface area contributed by atoms with E-state index in [9.17, 15) is 0 Å². The third-order valence-electron chi connectivity index (χ3n) is 3.47. The van der Waals surface area contributed by atoms with Crippen molar-refractivity contribution in [1.29, 1.82) is 0 Å². The molecule has 0 fully saturated rings. The maximum absolute atomic E-state index is 6.33. The van der Waals surface area contributed by atoms with Crippen molar-refractivity contribution in [1.82, 2.24) is 0 Å². The minimum Gasteiger partial charge on any atom is -0.495 e. The summed E-state index contributed by atoms with van der Waals surface area (Å²) in [4.78, 5) is 0. The molecule has 21 heavy (non-hydrogen) atoms. The Morgan fingerprint density at radius 3 is 2.00 bits per heavy atom. The van der Waals surface area contributed by atoms with E-state index in [1.807, 2.05) is 54.6 Å². The summed E-state index contributed by atoms with van der Waals surface area (Å²) in [6, 6.07) is 24.2. The van der Waals surface area contributed by atoms with Crippen LogP contribution >= 0.6 is 11.6 Å². The van der Waals surface area contributed by atoms with Crippen LogP contribution in [0.1, 0.15) is 0 Å². The molecule has 0 heterocycles. The van der Waals surface area contributed by atoms with E-state index in [0.29, 0.717) is 0 Å². The van der Waals surface area contributed by atoms with Gasteiger partial charge in [0.05, 0.1) is 7.11 Å². The molecule has 0 aromatic heterocycles. The second-order valence-corrected chi connectivity index (χ2v) is 5.14. The van der Waals surface area contributed by atoms with Crippen LogP contribution in [0.3, 0.4) is 0 Å². The molecule has 0 spiro atoms. The van der Waals surface area contributed by atoms with Crippen LogP contribution in [0.25, 0.3) is 22.3 Å². The summed E-state index contributed by atoms with van der Waals surface area (Å²) in [6.07, 6.45) is 0. The van der Waals surface area contributed by atoms with Crippen LogP contribution < -0.4 is 4.74 Å². The van der Waals surface area contributed by atoms with Crippen LogP contribution in [0.15, 0.2) is 72.8 Å². The van der Waals surface area contributed by atoms with Crippen molar-refractivity contribution >= 4 is 11.6 Å². The molecular formula is C19H15ClO. The molecule has 0 N–H and O–H groups in total. The van der Waals surface area contributed by atoms with Crippen LogP contribution in [0.4, 0.5) is 0 Å². The largest absolute Gasteiger partial charge is 0.495 e. The number of halogens is 1. The van der Waals surface area contributed by atoms with E-state index in [0.717, 1.165) is 33.0 Å². The molecule has 0 aliphatic heterocycles. The van der Waals surface area contributed by atoms with Gasteiger partial charge in [0.2, 0.25) is 0 Å². The van der Waals surface area contributed by atoms with Crippen molar-refractivity contribution in [3.63, 3.8) is 0 Å². The van der Waals surface area contributed by atoms with Crippen LogP contribution in [-0.2, 0) is 0 Å². The molecule has 104 valence electrons. The van der Waals surface area contributed by atoms with E-state index in [2.05, 4.69) is 18.2 Å². The zero-order valence-corrected chi connectivity index (χ0v) is 12.5. The van der Waals surface area contributed by atoms with E-state index in [-0.39, 0.29) is 0 Å². The van der Waals surface area contributed by atoms with Gasteiger partial charge in [-0.25, -0.2) is 0 Å². The fraction of sp³-hybridized carbons (Fsp3) is 0.0526. The Morgan fingerprint density at radius 2 is 1.29 bits per heavy atom. The third kappa shape index (κ3) is 2.65. The van der Waals surface area contributed by atoms with Gasteiger partial charge in [-0.05, 0) is 11.6 Å². The van der Waals surface area contributed by atoms with E-state index >= 15 is 0 Å². The zero-order chi connectivity index (χ0) is 14.7. The first kappa shape index (κ1) is 13.7. The van der Waals surface area contributed by atoms with Crippen molar-refractivity contribution in [3.8, 4) is 28.0 Å². The molecule has 0 saturated heterocycles. The van der Waals surface area contributed by atoms with Gasteiger partial charge in [0, 0.05) is 21.7 Å². The van der Waals surface area contributed by atoms with Gasteiger partial charge < -0.3 is 4.74 Å². The molecule has 3 aromatic carbocycles. The first-order chi connectivity index (χ1) is 10.3. The SMILES string of the molecule is COc1c(-c2ccccc2)cccc1-c1ccccc1Cl. The van der Waals surface area contributed by atoms with Crippen LogP contribution in [0, 0.1) is 0 Å². The van der Waals surface area contributed by atoms with Gasteiger partial charge in [-0.2, -0.15) is 0 Å². The van der Waals surface area contributed by atoms with E-state index in [1.54, 1.807) is 7.11 Å². The predicted octanol–water partition coefficient (Wildman–Crippen LogP) is 5.68. The molecular weight excluding hydrogens is 280 g/mol. The summed E-state index contributed by atoms with van der Waals surface area (Å²) in [5, 5.41) is 0.723. The highest BCUT2D eigenvalue weighted by molar-refractivity contribution is 6.33. The number of hydrogen-bond donors (Lipinski definition) is 0. The Labute approximate surface area is 129 Å². The van der Waals surface area contributed by atoms with Crippen molar-refractivity contribution in [2.75, 3.05) is 7.11 Å². The summed E-state index contributed by atoms with van der Waals surface area (Å²) < 4.78 is 5.68. The van der Waals surface area contributed by atoms with Crippen LogP contribution in [0.5, 0.6) is 5.75 Å². The Balaban J connectivity index is 2.22. The average Bonchev–Trinajstić information content (AvgIpc) is 2.55. The highest BCUT2D eigenvalue weighted by Gasteiger charge is 2.13. The Bertz CT molecular complexity index is 751. The maximum Gasteiger partial charge on any atom is 0.134 e. The van der Waals surface area contributed by atoms with E-state index in [1.165, 1.54) is 0 Å². The van der Waals surface area contributed by atoms with Crippen molar-refractivity contribution in [2.45, 2.75) is 0 Å². The normalized spacial score (nSPS) is 10.4. The Hall–Kier alpha value is -2.25. The summed E-state index contributed by atoms with van der Waals surface area (Å²) in [5.74, 6) is 0.844. The number of para-hydroxylation sites is 1. The summed E-state index contributed by atoms with van der Waals surface area (Å²) in [7, 11) is 1.70. The molecule has 0 atom stereocenters. The topological polar surface area (TPSA) is 9.23 Å². The van der Waals surface area contributed by atoms with Gasteiger partial charge in [0.25, 0.3) is 0 Å². The monoisotopic (exact) mass is 294 g/mol. The number of benzene rings is 3. The second-order valence-electron chi connectivity index (χ2n) is 4.73. The van der Waals surface area contributed by atoms with Crippen LogP contribution in [-0.4, -0.2) is 7.11 Å². The van der Waals surface area contributed by atoms with Crippen LogP contribution in [0.2, 0.25) is 5.02 Å². The van der Waals surface area contributed by atoms with Crippen molar-refractivity contribution in [3.05, 3.63) is 77.8 Å². The van der Waals surface area contributed by atoms with Gasteiger partial charge in [-0.1, -0.05) is 78.3 Å². The van der Waals surface area contributed by atoms with E-state index < -0.39 is 0 Å². The fourth-order valence-corrected chi connectivity index (χ4v) is 2.73. The van der Waals surface area contributed by atoms with Gasteiger partial charge in [-0.15, -0.1) is 0 Å². The van der Waals surface area contributed by atoms with Crippen molar-refractivity contribution < 1.29 is 4.74 Å². The molecule has 0 unspecified atom stereocenters. The summed E-state index contributed by atoms with van der Waals surface area (Å²) >= 11 is 6.33. The molecule has 0 amide bonds. The molecule has 3 aromatic rings. The predicted molar refractivity (Wildman–Crippen MR) is 88.9 cm³/mol. The first-order valence-electron chi connectivity index (χ1n) is 6.78. The molecule has 3 rings (SSSR count). The lowest BCUT2D eigenvalue weighted by molar-refractivity contribution is 0.418. The molecule has 0 aliphatic carbocycles. The fourth-order valence-electron chi connectivity index (χ4n) is 2.49. The molecule has 1 nitrogen and oxygen atoms in total. The highest BCUT2D eigenvalue weighted by Crippen LogP contribution is 2.40. The minimum absolute atomic E-state index is 0.723. The lowest BCUT2D eigenvalue weighted by Crippen LogP contribution is -1.92. The highest BCUT2D eigenvalue weighted by atomic mass is 35.5. The lowest BCUT2D eigenvalue weighted by atomic mass is 9.97. The zero-order valence-electron chi connectivity index (χ0n) is 11.7. The molecule has 0 bridgehead atoms. The lowest BCUT2D eigenvalue weighted by Gasteiger charge is -2.15. The third-order valence-corrected chi connectivity index (χ3v) is 3.80. The molecule has 0 radical (unpaired) electrons. The van der Waals surface area contributed by atoms with Crippen molar-refractivity contribution in [2.24, 2.45) is 0 Å². The number of methoxy groups -OCH3 is 1. The summed E-state index contributed by atoms with van der Waals surface area (Å²) in [5.41, 5.74) is 4.18. The van der Waals surface area contributed by atoms with Gasteiger partial charge in [0.1, 0.15) is 5.75 Å². The smallest absolute Gasteiger partial charge is 0.134 e. The second kappa shape index (κ2) is 6.02. The number of hydrogen-bond acceptors (Lipinski definition) is 1. The number of ether oxygens (including phenoxy) is 1. The summed E-state index contributed by atoms with van der Waals surface area (Å²) in [6.45, 7) is 0. The Kier molecular flexibility index (Phi) is 3.94. The van der Waals surface area contributed by atoms with Gasteiger partial charge in [0.15, 0.2) is 0 Å². The molecule has 0 saturated carbocycles. The first-order valence-corrected chi connectivity index (χ1v) is 7.16.